The number of rotatable bonds is 6. The molecule has 4 N–H and O–H groups in total. The lowest BCUT2D eigenvalue weighted by atomic mass is 9.96. The van der Waals surface area contributed by atoms with Crippen LogP contribution in [0.25, 0.3) is 0 Å². The van der Waals surface area contributed by atoms with Gasteiger partial charge in [0.05, 0.1) is 22.8 Å². The molecular formula is C23H35N7S2. The van der Waals surface area contributed by atoms with Gasteiger partial charge in [-0.05, 0) is 76.1 Å². The van der Waals surface area contributed by atoms with Crippen molar-refractivity contribution in [3.63, 3.8) is 0 Å². The van der Waals surface area contributed by atoms with Crippen molar-refractivity contribution < 1.29 is 0 Å². The summed E-state index contributed by atoms with van der Waals surface area (Å²) in [6, 6.07) is 6.71. The summed E-state index contributed by atoms with van der Waals surface area (Å²) in [5.74, 6) is 0. The number of aromatic nitrogens is 1. The molecule has 7 nitrogen and oxygen atoms in total. The number of thiocarbonyl (C=S) groups is 2. The Morgan fingerprint density at radius 1 is 0.750 bits per heavy atom. The molecule has 0 bridgehead atoms. The smallest absolute Gasteiger partial charge is 0.187 e. The average Bonchev–Trinajstić information content (AvgIpc) is 2.82. The lowest BCUT2D eigenvalue weighted by Gasteiger charge is -2.23. The first-order valence-electron chi connectivity index (χ1n) is 11.7. The van der Waals surface area contributed by atoms with E-state index in [2.05, 4.69) is 31.7 Å². The summed E-state index contributed by atoms with van der Waals surface area (Å²) in [5, 5.41) is 16.7. The van der Waals surface area contributed by atoms with Gasteiger partial charge >= 0.3 is 0 Å². The molecule has 0 spiro atoms. The Labute approximate surface area is 202 Å². The quantitative estimate of drug-likeness (QED) is 0.281. The monoisotopic (exact) mass is 473 g/mol. The number of hydrazone groups is 2. The highest BCUT2D eigenvalue weighted by atomic mass is 32.1. The molecule has 174 valence electrons. The predicted octanol–water partition coefficient (Wildman–Crippen LogP) is 4.12. The molecule has 1 aromatic rings. The molecule has 0 amide bonds. The first-order valence-corrected chi connectivity index (χ1v) is 12.5. The summed E-state index contributed by atoms with van der Waals surface area (Å²) < 4.78 is 0. The van der Waals surface area contributed by atoms with Crippen LogP contribution in [0.4, 0.5) is 0 Å². The van der Waals surface area contributed by atoms with E-state index in [4.69, 9.17) is 29.4 Å². The van der Waals surface area contributed by atoms with E-state index in [1.807, 2.05) is 32.0 Å². The van der Waals surface area contributed by atoms with E-state index in [-0.39, 0.29) is 0 Å². The molecule has 2 saturated carbocycles. The predicted molar refractivity (Wildman–Crippen MR) is 140 cm³/mol. The second-order valence-corrected chi connectivity index (χ2v) is 9.46. The van der Waals surface area contributed by atoms with Crippen LogP contribution in [0, 0.1) is 0 Å². The summed E-state index contributed by atoms with van der Waals surface area (Å²) in [6.07, 6.45) is 12.3. The maximum absolute atomic E-state index is 5.39. The molecule has 1 heterocycles. The molecule has 2 aliphatic carbocycles. The fourth-order valence-electron chi connectivity index (χ4n) is 4.15. The van der Waals surface area contributed by atoms with Crippen LogP contribution >= 0.6 is 24.4 Å². The van der Waals surface area contributed by atoms with Gasteiger partial charge in [-0.25, -0.2) is 4.98 Å². The Kier molecular flexibility index (Phi) is 9.80. The van der Waals surface area contributed by atoms with E-state index in [0.29, 0.717) is 22.3 Å². The van der Waals surface area contributed by atoms with Crippen molar-refractivity contribution >= 4 is 46.1 Å². The first-order chi connectivity index (χ1) is 15.5. The van der Waals surface area contributed by atoms with Crippen LogP contribution in [-0.4, -0.2) is 38.7 Å². The van der Waals surface area contributed by atoms with Crippen LogP contribution < -0.4 is 21.5 Å². The summed E-state index contributed by atoms with van der Waals surface area (Å²) >= 11 is 10.8. The van der Waals surface area contributed by atoms with Gasteiger partial charge in [-0.1, -0.05) is 44.6 Å². The van der Waals surface area contributed by atoms with Crippen LogP contribution in [0.5, 0.6) is 0 Å². The van der Waals surface area contributed by atoms with Crippen molar-refractivity contribution in [1.29, 1.82) is 0 Å². The SMILES string of the molecule is CC(=NNC(=S)NC1CCCCC1)c1cccc(C(C)=NNC(=S)NC2CCCCC2)n1. The average molecular weight is 474 g/mol. The zero-order chi connectivity index (χ0) is 22.8. The third kappa shape index (κ3) is 8.09. The maximum Gasteiger partial charge on any atom is 0.187 e. The molecule has 0 atom stereocenters. The number of pyridine rings is 1. The zero-order valence-electron chi connectivity index (χ0n) is 19.1. The minimum absolute atomic E-state index is 0.450. The summed E-state index contributed by atoms with van der Waals surface area (Å²) in [5.41, 5.74) is 8.97. The third-order valence-electron chi connectivity index (χ3n) is 6.02. The van der Waals surface area contributed by atoms with Crippen LogP contribution in [0.3, 0.4) is 0 Å². The second kappa shape index (κ2) is 12.8. The summed E-state index contributed by atoms with van der Waals surface area (Å²) in [6.45, 7) is 3.83. The van der Waals surface area contributed by atoms with E-state index in [1.54, 1.807) is 0 Å². The summed E-state index contributed by atoms with van der Waals surface area (Å²) in [4.78, 5) is 4.69. The van der Waals surface area contributed by atoms with Gasteiger partial charge in [0.25, 0.3) is 0 Å². The largest absolute Gasteiger partial charge is 0.359 e. The highest BCUT2D eigenvalue weighted by Gasteiger charge is 2.15. The van der Waals surface area contributed by atoms with Crippen LogP contribution in [0.2, 0.25) is 0 Å². The van der Waals surface area contributed by atoms with E-state index in [9.17, 15) is 0 Å². The Morgan fingerprint density at radius 2 is 1.16 bits per heavy atom. The Balaban J connectivity index is 1.52. The minimum Gasteiger partial charge on any atom is -0.359 e. The lowest BCUT2D eigenvalue weighted by Crippen LogP contribution is -2.41. The fourth-order valence-corrected chi connectivity index (χ4v) is 4.58. The maximum atomic E-state index is 5.39. The molecule has 0 unspecified atom stereocenters. The second-order valence-electron chi connectivity index (χ2n) is 8.64. The van der Waals surface area contributed by atoms with Crippen molar-refractivity contribution in [2.45, 2.75) is 90.1 Å². The third-order valence-corrected chi connectivity index (χ3v) is 6.44. The van der Waals surface area contributed by atoms with Crippen LogP contribution in [0.1, 0.15) is 89.4 Å². The van der Waals surface area contributed by atoms with Gasteiger partial charge in [-0.2, -0.15) is 10.2 Å². The zero-order valence-corrected chi connectivity index (χ0v) is 20.7. The molecule has 32 heavy (non-hydrogen) atoms. The molecule has 2 fully saturated rings. The Morgan fingerprint density at radius 3 is 1.56 bits per heavy atom. The summed E-state index contributed by atoms with van der Waals surface area (Å²) in [7, 11) is 0. The molecule has 2 aliphatic rings. The van der Waals surface area contributed by atoms with Crippen molar-refractivity contribution in [3.05, 3.63) is 29.6 Å². The molecule has 0 radical (unpaired) electrons. The van der Waals surface area contributed by atoms with Crippen molar-refractivity contribution in [3.8, 4) is 0 Å². The van der Waals surface area contributed by atoms with Crippen molar-refractivity contribution in [2.75, 3.05) is 0 Å². The van der Waals surface area contributed by atoms with E-state index in [1.165, 1.54) is 64.2 Å². The van der Waals surface area contributed by atoms with E-state index < -0.39 is 0 Å². The highest BCUT2D eigenvalue weighted by molar-refractivity contribution is 7.80. The van der Waals surface area contributed by atoms with Crippen molar-refractivity contribution in [1.82, 2.24) is 26.5 Å². The number of hydrogen-bond donors (Lipinski definition) is 4. The van der Waals surface area contributed by atoms with Gasteiger partial charge in [0.2, 0.25) is 0 Å². The van der Waals surface area contributed by atoms with Gasteiger partial charge < -0.3 is 10.6 Å². The normalized spacial score (nSPS) is 18.7. The van der Waals surface area contributed by atoms with Gasteiger partial charge in [-0.15, -0.1) is 0 Å². The lowest BCUT2D eigenvalue weighted by molar-refractivity contribution is 0.412. The fraction of sp³-hybridized carbons (Fsp3) is 0.609. The number of hydrogen-bond acceptors (Lipinski definition) is 5. The van der Waals surface area contributed by atoms with Gasteiger partial charge in [-0.3, -0.25) is 10.9 Å². The van der Waals surface area contributed by atoms with Crippen LogP contribution in [0.15, 0.2) is 28.4 Å². The molecule has 3 rings (SSSR count). The molecule has 0 saturated heterocycles. The number of nitrogens with one attached hydrogen (secondary N) is 4. The molecular weight excluding hydrogens is 438 g/mol. The minimum atomic E-state index is 0.450. The molecule has 9 heteroatoms. The molecule has 1 aromatic heterocycles. The molecule has 0 aromatic carbocycles. The van der Waals surface area contributed by atoms with Crippen LogP contribution in [-0.2, 0) is 0 Å². The highest BCUT2D eigenvalue weighted by Crippen LogP contribution is 2.18. The van der Waals surface area contributed by atoms with Crippen molar-refractivity contribution in [2.24, 2.45) is 10.2 Å². The number of nitrogens with zero attached hydrogens (tertiary/aromatic N) is 3. The Bertz CT molecular complexity index is 775. The van der Waals surface area contributed by atoms with Gasteiger partial charge in [0, 0.05) is 12.1 Å². The Hall–Kier alpha value is -2.13. The topological polar surface area (TPSA) is 85.7 Å². The van der Waals surface area contributed by atoms with E-state index in [0.717, 1.165) is 22.8 Å². The van der Waals surface area contributed by atoms with E-state index >= 15 is 0 Å². The van der Waals surface area contributed by atoms with Gasteiger partial charge in [0.1, 0.15) is 0 Å². The van der Waals surface area contributed by atoms with Gasteiger partial charge in [0.15, 0.2) is 10.2 Å². The molecule has 0 aliphatic heterocycles. The standard InChI is InChI=1S/C23H35N7S2/c1-16(27-29-22(31)24-18-10-5-3-6-11-18)20-14-9-15-21(26-20)17(2)28-30-23(32)25-19-12-7-4-8-13-19/h9,14-15,18-19H,3-8,10-13H2,1-2H3,(H2,24,29,31)(H2,25,30,32). The first kappa shape index (κ1) is 24.5.